The van der Waals surface area contributed by atoms with Crippen LogP contribution in [0.5, 0.6) is 0 Å². The lowest BCUT2D eigenvalue weighted by Gasteiger charge is -2.26. The third-order valence-corrected chi connectivity index (χ3v) is 3.25. The molecule has 134 valence electrons. The first-order chi connectivity index (χ1) is 11.3. The number of rotatable bonds is 9. The second kappa shape index (κ2) is 9.85. The third-order valence-electron chi connectivity index (χ3n) is 3.25. The highest BCUT2D eigenvalue weighted by atomic mass is 19.3. The fourth-order valence-electron chi connectivity index (χ4n) is 2.13. The number of ether oxygens (including phenoxy) is 2. The maximum absolute atomic E-state index is 13.9. The lowest BCUT2D eigenvalue weighted by molar-refractivity contribution is -0.173. The van der Waals surface area contributed by atoms with E-state index in [2.05, 4.69) is 5.32 Å². The molecule has 0 saturated heterocycles. The van der Waals surface area contributed by atoms with E-state index >= 15 is 0 Å². The van der Waals surface area contributed by atoms with Crippen molar-refractivity contribution in [1.29, 1.82) is 0 Å². The number of alkyl halides is 2. The van der Waals surface area contributed by atoms with E-state index < -0.39 is 24.1 Å². The van der Waals surface area contributed by atoms with Gasteiger partial charge in [0.15, 0.2) is 6.10 Å². The van der Waals surface area contributed by atoms with Crippen molar-refractivity contribution in [1.82, 2.24) is 5.32 Å². The molecule has 5 nitrogen and oxygen atoms in total. The van der Waals surface area contributed by atoms with Crippen LogP contribution in [0.1, 0.15) is 38.7 Å². The predicted molar refractivity (Wildman–Crippen MR) is 84.7 cm³/mol. The summed E-state index contributed by atoms with van der Waals surface area (Å²) in [5.41, 5.74) is 0.819. The number of carbonyl (C=O) groups is 2. The molecule has 0 bridgehead atoms. The van der Waals surface area contributed by atoms with Gasteiger partial charge in [0.2, 0.25) is 0 Å². The van der Waals surface area contributed by atoms with Crippen LogP contribution in [0.25, 0.3) is 0 Å². The molecule has 0 spiro atoms. The zero-order valence-electron chi connectivity index (χ0n) is 13.9. The molecule has 1 unspecified atom stereocenters. The van der Waals surface area contributed by atoms with Crippen LogP contribution in [0.4, 0.5) is 13.6 Å². The molecule has 1 atom stereocenters. The van der Waals surface area contributed by atoms with Crippen LogP contribution in [-0.2, 0) is 20.9 Å². The first-order valence-electron chi connectivity index (χ1n) is 7.84. The monoisotopic (exact) mass is 343 g/mol. The van der Waals surface area contributed by atoms with Gasteiger partial charge in [-0.3, -0.25) is 4.79 Å². The second-order valence-electron chi connectivity index (χ2n) is 5.39. The Balaban J connectivity index is 2.40. The van der Waals surface area contributed by atoms with Gasteiger partial charge >= 0.3 is 12.1 Å². The number of carbonyl (C=O) groups excluding carboxylic acids is 2. The maximum Gasteiger partial charge on any atom is 0.407 e. The molecule has 7 heteroatoms. The first-order valence-corrected chi connectivity index (χ1v) is 7.84. The van der Waals surface area contributed by atoms with Crippen molar-refractivity contribution in [2.45, 2.75) is 51.7 Å². The molecule has 0 aromatic heterocycles. The van der Waals surface area contributed by atoms with Gasteiger partial charge in [-0.25, -0.2) is 13.6 Å². The average molecular weight is 343 g/mol. The van der Waals surface area contributed by atoms with E-state index in [0.717, 1.165) is 12.5 Å². The Morgan fingerprint density at radius 3 is 2.50 bits per heavy atom. The summed E-state index contributed by atoms with van der Waals surface area (Å²) in [5.74, 6) is -3.90. The van der Waals surface area contributed by atoms with Crippen LogP contribution in [-0.4, -0.2) is 30.6 Å². The van der Waals surface area contributed by atoms with Gasteiger partial charge in [0, 0.05) is 26.3 Å². The Morgan fingerprint density at radius 1 is 1.25 bits per heavy atom. The molecule has 0 aliphatic heterocycles. The first kappa shape index (κ1) is 19.9. The highest BCUT2D eigenvalue weighted by Gasteiger charge is 2.40. The van der Waals surface area contributed by atoms with E-state index in [4.69, 9.17) is 9.47 Å². The molecule has 24 heavy (non-hydrogen) atoms. The molecule has 1 amide bonds. The number of hydrogen-bond donors (Lipinski definition) is 1. The van der Waals surface area contributed by atoms with E-state index in [-0.39, 0.29) is 32.4 Å². The van der Waals surface area contributed by atoms with Crippen LogP contribution in [0.2, 0.25) is 0 Å². The topological polar surface area (TPSA) is 64.6 Å². The number of esters is 1. The van der Waals surface area contributed by atoms with Crippen molar-refractivity contribution >= 4 is 12.1 Å². The van der Waals surface area contributed by atoms with Crippen molar-refractivity contribution in [2.24, 2.45) is 0 Å². The summed E-state index contributed by atoms with van der Waals surface area (Å²) in [6.45, 7) is 2.71. The number of benzene rings is 1. The minimum absolute atomic E-state index is 0.0785. The van der Waals surface area contributed by atoms with Crippen molar-refractivity contribution < 1.29 is 27.8 Å². The minimum Gasteiger partial charge on any atom is -0.456 e. The molecule has 0 aliphatic carbocycles. The Labute approximate surface area is 140 Å². The molecule has 0 saturated carbocycles. The molecular weight excluding hydrogens is 320 g/mol. The van der Waals surface area contributed by atoms with E-state index in [9.17, 15) is 18.4 Å². The average Bonchev–Trinajstić information content (AvgIpc) is 2.52. The van der Waals surface area contributed by atoms with E-state index in [0.29, 0.717) is 0 Å². The standard InChI is InChI=1S/C17H23F2NO4/c1-3-10-17(18,19)15(24-13(2)21)9-11-20-16(22)23-12-14-7-5-4-6-8-14/h4-8,15H,3,9-12H2,1-2H3,(H,20,22). The lowest BCUT2D eigenvalue weighted by atomic mass is 10.0. The van der Waals surface area contributed by atoms with E-state index in [1.54, 1.807) is 19.1 Å². The number of alkyl carbamates (subject to hydrolysis) is 1. The van der Waals surface area contributed by atoms with Crippen molar-refractivity contribution in [3.63, 3.8) is 0 Å². The summed E-state index contributed by atoms with van der Waals surface area (Å²) in [6, 6.07) is 9.08. The largest absolute Gasteiger partial charge is 0.456 e. The summed E-state index contributed by atoms with van der Waals surface area (Å²) in [4.78, 5) is 22.6. The fourth-order valence-corrected chi connectivity index (χ4v) is 2.13. The van der Waals surface area contributed by atoms with Gasteiger partial charge in [-0.15, -0.1) is 0 Å². The highest BCUT2D eigenvalue weighted by molar-refractivity contribution is 5.67. The van der Waals surface area contributed by atoms with Crippen molar-refractivity contribution in [3.05, 3.63) is 35.9 Å². The summed E-state index contributed by atoms with van der Waals surface area (Å²) in [5, 5.41) is 2.39. The van der Waals surface area contributed by atoms with Gasteiger partial charge in [-0.05, 0) is 5.56 Å². The van der Waals surface area contributed by atoms with E-state index in [1.165, 1.54) is 0 Å². The van der Waals surface area contributed by atoms with Crippen molar-refractivity contribution in [2.75, 3.05) is 6.54 Å². The zero-order valence-corrected chi connectivity index (χ0v) is 13.9. The molecule has 0 aliphatic rings. The molecule has 1 aromatic carbocycles. The fraction of sp³-hybridized carbons (Fsp3) is 0.529. The van der Waals surface area contributed by atoms with Crippen LogP contribution >= 0.6 is 0 Å². The van der Waals surface area contributed by atoms with Gasteiger partial charge < -0.3 is 14.8 Å². The summed E-state index contributed by atoms with van der Waals surface area (Å²) in [6.07, 6.45) is -2.59. The Hall–Kier alpha value is -2.18. The Kier molecular flexibility index (Phi) is 8.15. The van der Waals surface area contributed by atoms with Crippen LogP contribution in [0, 0.1) is 0 Å². The highest BCUT2D eigenvalue weighted by Crippen LogP contribution is 2.29. The molecule has 1 N–H and O–H groups in total. The van der Waals surface area contributed by atoms with Crippen LogP contribution in [0.15, 0.2) is 30.3 Å². The minimum atomic E-state index is -3.13. The number of hydrogen-bond acceptors (Lipinski definition) is 4. The summed E-state index contributed by atoms with van der Waals surface area (Å²) in [7, 11) is 0. The molecule has 0 fully saturated rings. The number of nitrogens with one attached hydrogen (secondary N) is 1. The third kappa shape index (κ3) is 7.39. The van der Waals surface area contributed by atoms with Gasteiger partial charge in [0.25, 0.3) is 5.92 Å². The second-order valence-corrected chi connectivity index (χ2v) is 5.39. The Morgan fingerprint density at radius 2 is 1.92 bits per heavy atom. The normalized spacial score (nSPS) is 12.3. The van der Waals surface area contributed by atoms with Gasteiger partial charge in [-0.2, -0.15) is 0 Å². The SMILES string of the molecule is CCCC(F)(F)C(CCNC(=O)OCc1ccccc1)OC(C)=O. The van der Waals surface area contributed by atoms with Gasteiger partial charge in [-0.1, -0.05) is 43.7 Å². The van der Waals surface area contributed by atoms with Crippen LogP contribution < -0.4 is 5.32 Å². The molecule has 0 radical (unpaired) electrons. The lowest BCUT2D eigenvalue weighted by Crippen LogP contribution is -2.40. The van der Waals surface area contributed by atoms with Crippen molar-refractivity contribution in [3.8, 4) is 0 Å². The number of halogens is 2. The molecule has 1 rings (SSSR count). The Bertz CT molecular complexity index is 523. The van der Waals surface area contributed by atoms with Crippen LogP contribution in [0.3, 0.4) is 0 Å². The van der Waals surface area contributed by atoms with E-state index in [1.807, 2.05) is 18.2 Å². The quantitative estimate of drug-likeness (QED) is 0.695. The maximum atomic E-state index is 13.9. The summed E-state index contributed by atoms with van der Waals surface area (Å²) < 4.78 is 37.5. The van der Waals surface area contributed by atoms with Gasteiger partial charge in [0.1, 0.15) is 6.61 Å². The number of amides is 1. The summed E-state index contributed by atoms with van der Waals surface area (Å²) >= 11 is 0. The predicted octanol–water partition coefficient (Wildman–Crippen LogP) is 3.67. The molecule has 0 heterocycles. The van der Waals surface area contributed by atoms with Gasteiger partial charge in [0.05, 0.1) is 0 Å². The smallest absolute Gasteiger partial charge is 0.407 e. The zero-order chi connectivity index (χ0) is 18.0. The molecule has 1 aromatic rings. The molecular formula is C17H23F2NO4.